The van der Waals surface area contributed by atoms with E-state index in [4.69, 9.17) is 37.9 Å². The molecule has 4 heterocycles. The summed E-state index contributed by atoms with van der Waals surface area (Å²) in [6.45, 7) is 7.07. The first-order chi connectivity index (χ1) is 28.0. The number of rotatable bonds is 7. The van der Waals surface area contributed by atoms with Crippen molar-refractivity contribution in [1.82, 2.24) is 4.90 Å². The van der Waals surface area contributed by atoms with Gasteiger partial charge in [0, 0.05) is 42.9 Å². The molecule has 4 N–H and O–H groups in total. The number of benzene rings is 2. The molecule has 2 aromatic rings. The normalized spacial score (nSPS) is 37.8. The quantitative estimate of drug-likeness (QED) is 0.198. The fraction of sp³-hybridized carbons (Fsp3) is 0.619. The van der Waals surface area contributed by atoms with Gasteiger partial charge < -0.3 is 63.2 Å². The highest BCUT2D eigenvalue weighted by atomic mass is 16.8. The van der Waals surface area contributed by atoms with Crippen LogP contribution in [0.25, 0.3) is 0 Å². The minimum absolute atomic E-state index is 0.00735. The van der Waals surface area contributed by atoms with Crippen LogP contribution < -0.4 is 0 Å². The summed E-state index contributed by atoms with van der Waals surface area (Å²) < 4.78 is 49.5. The minimum atomic E-state index is -1.80. The highest BCUT2D eigenvalue weighted by Gasteiger charge is 2.55. The zero-order valence-electron chi connectivity index (χ0n) is 33.9. The zero-order chi connectivity index (χ0) is 42.4. The summed E-state index contributed by atoms with van der Waals surface area (Å²) in [5.74, 6) is -5.88. The molecular weight excluding hydrogens is 774 g/mol. The van der Waals surface area contributed by atoms with Crippen molar-refractivity contribution in [1.29, 1.82) is 0 Å². The molecule has 320 valence electrons. The number of carbonyl (C=O) groups is 4. The van der Waals surface area contributed by atoms with Gasteiger partial charge in [-0.2, -0.15) is 0 Å². The predicted molar refractivity (Wildman–Crippen MR) is 201 cm³/mol. The molecule has 17 heteroatoms. The number of esters is 1. The number of phenolic OH excluding ortho intramolecular Hbond substituents is 3. The lowest BCUT2D eigenvalue weighted by Gasteiger charge is -2.51. The van der Waals surface area contributed by atoms with Crippen molar-refractivity contribution in [2.24, 2.45) is 0 Å². The number of ether oxygens (including phenoxy) is 8. The molecule has 13 unspecified atom stereocenters. The molecule has 4 aliphatic heterocycles. The van der Waals surface area contributed by atoms with Gasteiger partial charge in [-0.05, 0) is 65.0 Å². The van der Waals surface area contributed by atoms with Crippen molar-refractivity contribution >= 4 is 23.3 Å². The van der Waals surface area contributed by atoms with Crippen LogP contribution >= 0.6 is 0 Å². The van der Waals surface area contributed by atoms with Crippen LogP contribution in [0.4, 0.5) is 0 Å². The van der Waals surface area contributed by atoms with Crippen molar-refractivity contribution in [3.05, 3.63) is 51.6 Å². The van der Waals surface area contributed by atoms with Crippen LogP contribution in [0.1, 0.15) is 115 Å². The molecule has 8 rings (SSSR count). The highest BCUT2D eigenvalue weighted by Crippen LogP contribution is 2.54. The van der Waals surface area contributed by atoms with E-state index in [2.05, 4.69) is 0 Å². The number of aliphatic hydroxyl groups is 1. The first kappa shape index (κ1) is 41.7. The number of nitrogens with zero attached hydrogens (tertiary/aromatic N) is 1. The van der Waals surface area contributed by atoms with E-state index < -0.39 is 131 Å². The van der Waals surface area contributed by atoms with E-state index in [1.165, 1.54) is 6.07 Å². The van der Waals surface area contributed by atoms with Gasteiger partial charge in [-0.3, -0.25) is 19.2 Å². The first-order valence-electron chi connectivity index (χ1n) is 20.1. The van der Waals surface area contributed by atoms with Crippen LogP contribution in [0.5, 0.6) is 17.2 Å². The topological polar surface area (TPSA) is 226 Å². The molecule has 0 bridgehead atoms. The van der Waals surface area contributed by atoms with Gasteiger partial charge in [-0.1, -0.05) is 6.92 Å². The van der Waals surface area contributed by atoms with E-state index in [1.807, 2.05) is 32.8 Å². The van der Waals surface area contributed by atoms with Crippen LogP contribution in [-0.4, -0.2) is 143 Å². The van der Waals surface area contributed by atoms with E-state index in [0.29, 0.717) is 6.42 Å². The highest BCUT2D eigenvalue weighted by molar-refractivity contribution is 6.31. The zero-order valence-corrected chi connectivity index (χ0v) is 33.9. The molecule has 2 aliphatic carbocycles. The fourth-order valence-electron chi connectivity index (χ4n) is 9.77. The van der Waals surface area contributed by atoms with Gasteiger partial charge in [0.15, 0.2) is 30.4 Å². The lowest BCUT2D eigenvalue weighted by molar-refractivity contribution is -0.371. The standard InChI is InChI=1S/C42H51NO16/c1-8-42(51)15-27(30-19(34(42)40(50)52-7)11-20-31(36(30)48)37(49)33-23(45)10-9-22(44)32(33)35(20)47)57-28-12-21(43(5)6)38(17(3)53-28)58-29-14-25-39(18(4)54-29)59-41-26(56-25)13-24(46)16(2)55-41/h9-11,16-18,21,25-29,34,38-39,41,44-45,48,51H,8,12-15H2,1-7H3/t16?,17?,18?,21?,25?,26?,27?,28?,29?,34?,38?,39?,41?,42-/m1/s1. The number of phenols is 3. The Labute approximate surface area is 340 Å². The third-order valence-corrected chi connectivity index (χ3v) is 12.9. The fourth-order valence-corrected chi connectivity index (χ4v) is 9.77. The van der Waals surface area contributed by atoms with Gasteiger partial charge in [0.2, 0.25) is 5.78 Å². The van der Waals surface area contributed by atoms with Gasteiger partial charge in [0.1, 0.15) is 47.6 Å². The molecule has 4 saturated heterocycles. The summed E-state index contributed by atoms with van der Waals surface area (Å²) in [7, 11) is 4.92. The summed E-state index contributed by atoms with van der Waals surface area (Å²) in [5.41, 5.74) is -3.51. The second-order valence-corrected chi connectivity index (χ2v) is 16.7. The molecule has 0 aromatic heterocycles. The number of hydrogen-bond acceptors (Lipinski definition) is 17. The molecule has 0 spiro atoms. The van der Waals surface area contributed by atoms with Crippen LogP contribution in [0.15, 0.2) is 18.2 Å². The number of hydrogen-bond donors (Lipinski definition) is 4. The van der Waals surface area contributed by atoms with Crippen LogP contribution in [0.3, 0.4) is 0 Å². The molecule has 0 amide bonds. The number of ketones is 3. The summed E-state index contributed by atoms with van der Waals surface area (Å²) >= 11 is 0. The smallest absolute Gasteiger partial charge is 0.316 e. The molecule has 6 aliphatic rings. The Bertz CT molecular complexity index is 2050. The Morgan fingerprint density at radius 2 is 1.53 bits per heavy atom. The number of likely N-dealkylation sites (N-methyl/N-ethyl adjacent to an activating group) is 1. The van der Waals surface area contributed by atoms with E-state index >= 15 is 0 Å². The molecule has 2 aromatic carbocycles. The van der Waals surface area contributed by atoms with Crippen LogP contribution in [0, 0.1) is 0 Å². The maximum atomic E-state index is 14.0. The Morgan fingerprint density at radius 1 is 0.864 bits per heavy atom. The lowest BCUT2D eigenvalue weighted by Crippen LogP contribution is -2.62. The summed E-state index contributed by atoms with van der Waals surface area (Å²) in [5, 5.41) is 45.4. The van der Waals surface area contributed by atoms with Gasteiger partial charge in [0.25, 0.3) is 0 Å². The van der Waals surface area contributed by atoms with E-state index in [1.54, 1.807) is 13.8 Å². The molecule has 0 radical (unpaired) electrons. The Kier molecular flexibility index (Phi) is 10.9. The van der Waals surface area contributed by atoms with Crippen molar-refractivity contribution in [2.75, 3.05) is 21.2 Å². The van der Waals surface area contributed by atoms with Crippen molar-refractivity contribution in [3.63, 3.8) is 0 Å². The minimum Gasteiger partial charge on any atom is -0.507 e. The second-order valence-electron chi connectivity index (χ2n) is 16.7. The van der Waals surface area contributed by atoms with E-state index in [0.717, 1.165) is 19.2 Å². The van der Waals surface area contributed by atoms with Crippen LogP contribution in [0.2, 0.25) is 0 Å². The van der Waals surface area contributed by atoms with Gasteiger partial charge in [-0.15, -0.1) is 0 Å². The third-order valence-electron chi connectivity index (χ3n) is 12.9. The Hall–Kier alpha value is -4.04. The van der Waals surface area contributed by atoms with Crippen LogP contribution in [-0.2, 0) is 47.5 Å². The van der Waals surface area contributed by atoms with Crippen molar-refractivity contribution in [2.45, 2.75) is 145 Å². The monoisotopic (exact) mass is 825 g/mol. The number of aromatic hydroxyl groups is 3. The van der Waals surface area contributed by atoms with Crippen molar-refractivity contribution < 1.29 is 77.5 Å². The van der Waals surface area contributed by atoms with E-state index in [-0.39, 0.29) is 54.2 Å². The summed E-state index contributed by atoms with van der Waals surface area (Å²) in [6.07, 6.45) is -6.48. The lowest BCUT2D eigenvalue weighted by atomic mass is 9.67. The maximum absolute atomic E-state index is 14.0. The average molecular weight is 826 g/mol. The third kappa shape index (κ3) is 6.93. The van der Waals surface area contributed by atoms with Crippen molar-refractivity contribution in [3.8, 4) is 17.2 Å². The molecule has 4 fully saturated rings. The average Bonchev–Trinajstić information content (AvgIpc) is 3.18. The first-order valence-corrected chi connectivity index (χ1v) is 20.1. The SMILES string of the molecule is CC[C@@]1(O)CC(OC2CC(N(C)C)C(OC3CC4OC5CC(=O)C(C)OC5OC4C(C)O3)C(C)O2)c2c(cc3c(c2O)C(=O)c2c(O)ccc(O)c2C3=O)C1C(=O)OC. The number of Topliss-reactive ketones (excluding diaryl/α,β-unsaturated/α-hetero) is 1. The Morgan fingerprint density at radius 3 is 2.19 bits per heavy atom. The number of carbonyl (C=O) groups excluding carboxylic acids is 4. The molecule has 59 heavy (non-hydrogen) atoms. The summed E-state index contributed by atoms with van der Waals surface area (Å²) in [6, 6.07) is 3.08. The predicted octanol–water partition coefficient (Wildman–Crippen LogP) is 2.88. The molecule has 0 saturated carbocycles. The summed E-state index contributed by atoms with van der Waals surface area (Å²) in [4.78, 5) is 55.7. The van der Waals surface area contributed by atoms with Gasteiger partial charge in [-0.25, -0.2) is 0 Å². The Balaban J connectivity index is 1.07. The molecule has 14 atom stereocenters. The molecule has 17 nitrogen and oxygen atoms in total. The van der Waals surface area contributed by atoms with Gasteiger partial charge in [0.05, 0.1) is 53.8 Å². The second kappa shape index (κ2) is 15.5. The number of fused-ring (bicyclic) bond motifs is 5. The maximum Gasteiger partial charge on any atom is 0.316 e. The van der Waals surface area contributed by atoms with E-state index in [9.17, 15) is 39.6 Å². The van der Waals surface area contributed by atoms with Gasteiger partial charge >= 0.3 is 5.97 Å². The largest absolute Gasteiger partial charge is 0.507 e. The number of methoxy groups -OCH3 is 1. The molecular formula is C42H51NO16.